The van der Waals surface area contributed by atoms with E-state index in [4.69, 9.17) is 0 Å². The van der Waals surface area contributed by atoms with Crippen LogP contribution in [0.5, 0.6) is 0 Å². The van der Waals surface area contributed by atoms with Gasteiger partial charge < -0.3 is 0 Å². The van der Waals surface area contributed by atoms with Gasteiger partial charge in [-0.15, -0.1) is 11.3 Å². The van der Waals surface area contributed by atoms with Crippen molar-refractivity contribution >= 4 is 42.9 Å². The zero-order valence-corrected chi connectivity index (χ0v) is 12.4. The molecule has 2 heterocycles. The van der Waals surface area contributed by atoms with Gasteiger partial charge in [0.1, 0.15) is 5.78 Å². The Kier molecular flexibility index (Phi) is 4.05. The van der Waals surface area contributed by atoms with Gasteiger partial charge in [-0.2, -0.15) is 0 Å². The van der Waals surface area contributed by atoms with Gasteiger partial charge in [0.15, 0.2) is 9.84 Å². The van der Waals surface area contributed by atoms with E-state index in [1.807, 2.05) is 11.4 Å². The Labute approximate surface area is 113 Å². The van der Waals surface area contributed by atoms with Crippen LogP contribution in [0, 0.1) is 5.92 Å². The van der Waals surface area contributed by atoms with Gasteiger partial charge in [0.25, 0.3) is 0 Å². The van der Waals surface area contributed by atoms with Crippen molar-refractivity contribution in [1.82, 2.24) is 0 Å². The first kappa shape index (κ1) is 13.2. The van der Waals surface area contributed by atoms with E-state index in [1.54, 1.807) is 11.3 Å². The summed E-state index contributed by atoms with van der Waals surface area (Å²) in [5.74, 6) is 0.611. The summed E-state index contributed by atoms with van der Waals surface area (Å²) in [7, 11) is -2.87. The maximum absolute atomic E-state index is 11.8. The first-order valence-electron chi connectivity index (χ1n) is 5.40. The summed E-state index contributed by atoms with van der Waals surface area (Å²) in [4.78, 5) is 12.8. The summed E-state index contributed by atoms with van der Waals surface area (Å²) in [6.45, 7) is 0. The van der Waals surface area contributed by atoms with Crippen molar-refractivity contribution in [3.8, 4) is 0 Å². The molecule has 3 nitrogen and oxygen atoms in total. The van der Waals surface area contributed by atoms with E-state index in [-0.39, 0.29) is 23.2 Å². The molecule has 1 aliphatic heterocycles. The Morgan fingerprint density at radius 1 is 1.53 bits per heavy atom. The van der Waals surface area contributed by atoms with E-state index in [9.17, 15) is 13.2 Å². The monoisotopic (exact) mass is 336 g/mol. The third kappa shape index (κ3) is 3.89. The van der Waals surface area contributed by atoms with Gasteiger partial charge in [-0.3, -0.25) is 4.79 Å². The molecule has 1 aromatic heterocycles. The number of Topliss-reactive ketones (excluding diaryl/α,β-unsaturated/α-hetero) is 1. The normalized spacial score (nSPS) is 22.8. The SMILES string of the molecule is O=C(Cc1cc(Br)cs1)CC1CCS(=O)(=O)C1. The summed E-state index contributed by atoms with van der Waals surface area (Å²) in [6.07, 6.45) is 1.46. The standard InChI is InChI=1S/C11H13BrO3S2/c12-9-4-11(16-6-9)5-10(13)3-8-1-2-17(14,15)7-8/h4,6,8H,1-3,5,7H2. The quantitative estimate of drug-likeness (QED) is 0.848. The number of hydrogen-bond donors (Lipinski definition) is 0. The van der Waals surface area contributed by atoms with Crippen molar-refractivity contribution in [2.75, 3.05) is 11.5 Å². The molecule has 1 aliphatic rings. The highest BCUT2D eigenvalue weighted by atomic mass is 79.9. The summed E-state index contributed by atoms with van der Waals surface area (Å²) >= 11 is 4.89. The van der Waals surface area contributed by atoms with Crippen LogP contribution < -0.4 is 0 Å². The van der Waals surface area contributed by atoms with Crippen LogP contribution in [0.2, 0.25) is 0 Å². The molecule has 2 rings (SSSR count). The van der Waals surface area contributed by atoms with Crippen molar-refractivity contribution in [3.63, 3.8) is 0 Å². The number of sulfone groups is 1. The summed E-state index contributed by atoms with van der Waals surface area (Å²) in [6, 6.07) is 1.94. The van der Waals surface area contributed by atoms with Gasteiger partial charge in [-0.25, -0.2) is 8.42 Å². The number of rotatable bonds is 4. The van der Waals surface area contributed by atoms with Gasteiger partial charge in [0.05, 0.1) is 11.5 Å². The fraction of sp³-hybridized carbons (Fsp3) is 0.545. The molecule has 1 atom stereocenters. The third-order valence-corrected chi connectivity index (χ3v) is 6.37. The Morgan fingerprint density at radius 2 is 2.29 bits per heavy atom. The first-order chi connectivity index (χ1) is 7.94. The third-order valence-electron chi connectivity index (χ3n) is 2.84. The molecule has 0 aliphatic carbocycles. The van der Waals surface area contributed by atoms with Gasteiger partial charge >= 0.3 is 0 Å². The van der Waals surface area contributed by atoms with E-state index in [1.165, 1.54) is 0 Å². The molecule has 1 fully saturated rings. The second kappa shape index (κ2) is 5.20. The number of ketones is 1. The Morgan fingerprint density at radius 3 is 2.82 bits per heavy atom. The topological polar surface area (TPSA) is 51.2 Å². The molecule has 0 spiro atoms. The van der Waals surface area contributed by atoms with E-state index < -0.39 is 9.84 Å². The fourth-order valence-corrected chi connectivity index (χ4v) is 5.41. The Bertz CT molecular complexity index is 519. The van der Waals surface area contributed by atoms with Crippen LogP contribution in [0.3, 0.4) is 0 Å². The van der Waals surface area contributed by atoms with Crippen LogP contribution in [0.1, 0.15) is 17.7 Å². The van der Waals surface area contributed by atoms with Crippen LogP contribution in [-0.4, -0.2) is 25.7 Å². The molecule has 17 heavy (non-hydrogen) atoms. The van der Waals surface area contributed by atoms with Gasteiger partial charge in [-0.1, -0.05) is 0 Å². The first-order valence-corrected chi connectivity index (χ1v) is 8.89. The van der Waals surface area contributed by atoms with Gasteiger partial charge in [0.2, 0.25) is 0 Å². The largest absolute Gasteiger partial charge is 0.299 e. The summed E-state index contributed by atoms with van der Waals surface area (Å²) in [5.41, 5.74) is 0. The zero-order valence-electron chi connectivity index (χ0n) is 9.19. The fourth-order valence-electron chi connectivity index (χ4n) is 2.07. The average molecular weight is 337 g/mol. The smallest absolute Gasteiger partial charge is 0.150 e. The minimum atomic E-state index is -2.87. The molecule has 1 saturated heterocycles. The van der Waals surface area contributed by atoms with Crippen LogP contribution in [-0.2, 0) is 21.1 Å². The van der Waals surface area contributed by atoms with E-state index in [0.717, 1.165) is 9.35 Å². The highest BCUT2D eigenvalue weighted by Gasteiger charge is 2.29. The molecule has 0 radical (unpaired) electrons. The maximum Gasteiger partial charge on any atom is 0.150 e. The second-order valence-electron chi connectivity index (χ2n) is 4.42. The average Bonchev–Trinajstić information content (AvgIpc) is 2.73. The molecule has 1 aromatic rings. The van der Waals surface area contributed by atoms with Crippen molar-refractivity contribution < 1.29 is 13.2 Å². The lowest BCUT2D eigenvalue weighted by molar-refractivity contribution is -0.119. The lowest BCUT2D eigenvalue weighted by Crippen LogP contribution is -2.11. The minimum absolute atomic E-state index is 0.0379. The zero-order chi connectivity index (χ0) is 12.5. The highest BCUT2D eigenvalue weighted by Crippen LogP contribution is 2.24. The van der Waals surface area contributed by atoms with E-state index in [2.05, 4.69) is 15.9 Å². The van der Waals surface area contributed by atoms with Crippen LogP contribution in [0.4, 0.5) is 0 Å². The summed E-state index contributed by atoms with van der Waals surface area (Å²) < 4.78 is 23.5. The van der Waals surface area contributed by atoms with Gasteiger partial charge in [-0.05, 0) is 34.3 Å². The van der Waals surface area contributed by atoms with Crippen molar-refractivity contribution in [1.29, 1.82) is 0 Å². The maximum atomic E-state index is 11.8. The molecule has 0 N–H and O–H groups in total. The van der Waals surface area contributed by atoms with E-state index in [0.29, 0.717) is 19.3 Å². The molecular formula is C11H13BrO3S2. The van der Waals surface area contributed by atoms with Crippen LogP contribution >= 0.6 is 27.3 Å². The molecular weight excluding hydrogens is 324 g/mol. The number of carbonyl (C=O) groups excluding carboxylic acids is 1. The lowest BCUT2D eigenvalue weighted by atomic mass is 10.0. The Hall–Kier alpha value is -0.200. The molecule has 94 valence electrons. The lowest BCUT2D eigenvalue weighted by Gasteiger charge is -2.05. The predicted octanol–water partition coefficient (Wildman–Crippen LogP) is 2.45. The summed E-state index contributed by atoms with van der Waals surface area (Å²) in [5, 5.41) is 1.95. The van der Waals surface area contributed by atoms with Crippen molar-refractivity contribution in [3.05, 3.63) is 20.8 Å². The number of carbonyl (C=O) groups is 1. The highest BCUT2D eigenvalue weighted by molar-refractivity contribution is 9.10. The Balaban J connectivity index is 1.86. The molecule has 0 aromatic carbocycles. The van der Waals surface area contributed by atoms with Gasteiger partial charge in [0, 0.05) is 27.6 Å². The number of halogens is 1. The predicted molar refractivity (Wildman–Crippen MR) is 72.1 cm³/mol. The molecule has 0 bridgehead atoms. The number of hydrogen-bond acceptors (Lipinski definition) is 4. The number of thiophene rings is 1. The van der Waals surface area contributed by atoms with Crippen molar-refractivity contribution in [2.24, 2.45) is 5.92 Å². The van der Waals surface area contributed by atoms with E-state index >= 15 is 0 Å². The molecule has 1 unspecified atom stereocenters. The van der Waals surface area contributed by atoms with Crippen LogP contribution in [0.15, 0.2) is 15.9 Å². The molecule has 0 saturated carbocycles. The molecule has 6 heteroatoms. The molecule has 0 amide bonds. The van der Waals surface area contributed by atoms with Crippen LogP contribution in [0.25, 0.3) is 0 Å². The second-order valence-corrected chi connectivity index (χ2v) is 8.56. The van der Waals surface area contributed by atoms with Crippen molar-refractivity contribution in [2.45, 2.75) is 19.3 Å². The minimum Gasteiger partial charge on any atom is -0.299 e.